The first-order valence-electron chi connectivity index (χ1n) is 6.17. The van der Waals surface area contributed by atoms with Gasteiger partial charge in [-0.15, -0.1) is 11.3 Å². The van der Waals surface area contributed by atoms with Gasteiger partial charge >= 0.3 is 5.97 Å². The molecule has 2 heterocycles. The van der Waals surface area contributed by atoms with Gasteiger partial charge in [0.1, 0.15) is 18.2 Å². The fourth-order valence-corrected chi connectivity index (χ4v) is 2.88. The largest absolute Gasteiger partial charge is 0.480 e. The molecular formula is C13H17N3O2S. The van der Waals surface area contributed by atoms with E-state index in [1.54, 1.807) is 0 Å². The van der Waals surface area contributed by atoms with Crippen LogP contribution in [0, 0.1) is 12.8 Å². The third-order valence-corrected chi connectivity index (χ3v) is 3.94. The molecule has 1 unspecified atom stereocenters. The number of fused-ring (bicyclic) bond motifs is 1. The van der Waals surface area contributed by atoms with Gasteiger partial charge in [-0.25, -0.2) is 14.8 Å². The Kier molecular flexibility index (Phi) is 3.99. The van der Waals surface area contributed by atoms with Gasteiger partial charge < -0.3 is 10.4 Å². The summed E-state index contributed by atoms with van der Waals surface area (Å²) in [5.74, 6) is 0.0564. The summed E-state index contributed by atoms with van der Waals surface area (Å²) in [6, 6.07) is -0.625. The number of hydrogen-bond acceptors (Lipinski definition) is 5. The van der Waals surface area contributed by atoms with E-state index in [4.69, 9.17) is 0 Å². The number of thiophene rings is 1. The Hall–Kier alpha value is -1.69. The van der Waals surface area contributed by atoms with Crippen LogP contribution < -0.4 is 5.32 Å². The van der Waals surface area contributed by atoms with Crippen LogP contribution in [0.5, 0.6) is 0 Å². The molecule has 0 aromatic carbocycles. The van der Waals surface area contributed by atoms with Gasteiger partial charge in [0, 0.05) is 0 Å². The number of nitrogens with zero attached hydrogens (tertiary/aromatic N) is 2. The Balaban J connectivity index is 2.31. The molecule has 0 aliphatic carbocycles. The summed E-state index contributed by atoms with van der Waals surface area (Å²) in [5.41, 5.74) is 1.97. The normalized spacial score (nSPS) is 12.8. The smallest absolute Gasteiger partial charge is 0.326 e. The van der Waals surface area contributed by atoms with Crippen LogP contribution >= 0.6 is 11.3 Å². The lowest BCUT2D eigenvalue weighted by Gasteiger charge is -2.17. The Morgan fingerprint density at radius 2 is 2.21 bits per heavy atom. The summed E-state index contributed by atoms with van der Waals surface area (Å²) >= 11 is 1.53. The van der Waals surface area contributed by atoms with E-state index in [0.29, 0.717) is 18.2 Å². The average Bonchev–Trinajstić information content (AvgIpc) is 2.71. The molecule has 2 aromatic rings. The van der Waals surface area contributed by atoms with E-state index >= 15 is 0 Å². The lowest BCUT2D eigenvalue weighted by molar-refractivity contribution is -0.138. The fourth-order valence-electron chi connectivity index (χ4n) is 1.93. The zero-order valence-corrected chi connectivity index (χ0v) is 12.0. The van der Waals surface area contributed by atoms with Gasteiger partial charge in [-0.1, -0.05) is 13.8 Å². The molecule has 0 aliphatic rings. The summed E-state index contributed by atoms with van der Waals surface area (Å²) in [6.07, 6.45) is 2.03. The summed E-state index contributed by atoms with van der Waals surface area (Å²) in [5, 5.41) is 14.3. The number of rotatable bonds is 5. The minimum absolute atomic E-state index is 0.302. The number of carboxylic acid groups (broad SMARTS) is 1. The summed E-state index contributed by atoms with van der Waals surface area (Å²) in [6.45, 7) is 5.99. The van der Waals surface area contributed by atoms with Gasteiger partial charge in [-0.05, 0) is 30.2 Å². The zero-order chi connectivity index (χ0) is 14.0. The van der Waals surface area contributed by atoms with Gasteiger partial charge in [-0.3, -0.25) is 0 Å². The van der Waals surface area contributed by atoms with Crippen molar-refractivity contribution in [3.8, 4) is 0 Å². The third kappa shape index (κ3) is 3.01. The van der Waals surface area contributed by atoms with E-state index in [2.05, 4.69) is 15.3 Å². The molecule has 2 rings (SSSR count). The summed E-state index contributed by atoms with van der Waals surface area (Å²) < 4.78 is 0.912. The maximum Gasteiger partial charge on any atom is 0.326 e. The van der Waals surface area contributed by atoms with Gasteiger partial charge in [0.05, 0.1) is 10.2 Å². The average molecular weight is 279 g/mol. The molecule has 0 amide bonds. The number of anilines is 1. The molecule has 6 heteroatoms. The van der Waals surface area contributed by atoms with Crippen LogP contribution in [-0.2, 0) is 4.79 Å². The number of carbonyl (C=O) groups is 1. The van der Waals surface area contributed by atoms with Crippen molar-refractivity contribution >= 4 is 33.3 Å². The van der Waals surface area contributed by atoms with E-state index < -0.39 is 12.0 Å². The lowest BCUT2D eigenvalue weighted by atomic mass is 10.0. The van der Waals surface area contributed by atoms with E-state index in [9.17, 15) is 9.90 Å². The molecule has 0 bridgehead atoms. The van der Waals surface area contributed by atoms with Crippen LogP contribution in [-0.4, -0.2) is 27.1 Å². The Morgan fingerprint density at radius 1 is 1.47 bits per heavy atom. The SMILES string of the molecule is Cc1csc2c(NC(CC(C)C)C(=O)O)ncnc12. The molecule has 0 fully saturated rings. The molecule has 0 saturated carbocycles. The Labute approximate surface area is 115 Å². The molecule has 1 atom stereocenters. The molecule has 0 radical (unpaired) electrons. The molecular weight excluding hydrogens is 262 g/mol. The standard InChI is InChI=1S/C13H17N3O2S/c1-7(2)4-9(13(17)18)16-12-11-10(14-6-15-12)8(3)5-19-11/h5-7,9H,4H2,1-3H3,(H,17,18)(H,14,15,16). The number of aliphatic carboxylic acids is 1. The van der Waals surface area contributed by atoms with Gasteiger partial charge in [-0.2, -0.15) is 0 Å². The second-order valence-corrected chi connectivity index (χ2v) is 5.86. The van der Waals surface area contributed by atoms with Crippen LogP contribution in [0.25, 0.3) is 10.2 Å². The Bertz CT molecular complexity index is 595. The first kappa shape index (κ1) is 13.7. The molecule has 0 aliphatic heterocycles. The quantitative estimate of drug-likeness (QED) is 0.880. The minimum Gasteiger partial charge on any atom is -0.480 e. The van der Waals surface area contributed by atoms with Gasteiger partial charge in [0.25, 0.3) is 0 Å². The minimum atomic E-state index is -0.853. The first-order chi connectivity index (χ1) is 8.99. The van der Waals surface area contributed by atoms with E-state index in [1.807, 2.05) is 26.2 Å². The van der Waals surface area contributed by atoms with Crippen molar-refractivity contribution in [2.24, 2.45) is 5.92 Å². The van der Waals surface area contributed by atoms with Crippen molar-refractivity contribution in [1.82, 2.24) is 9.97 Å². The molecule has 5 nitrogen and oxygen atoms in total. The highest BCUT2D eigenvalue weighted by molar-refractivity contribution is 7.18. The second kappa shape index (κ2) is 5.52. The summed E-state index contributed by atoms with van der Waals surface area (Å²) in [7, 11) is 0. The van der Waals surface area contributed by atoms with Gasteiger partial charge in [0.15, 0.2) is 0 Å². The van der Waals surface area contributed by atoms with E-state index in [-0.39, 0.29) is 0 Å². The second-order valence-electron chi connectivity index (χ2n) is 4.98. The number of carboxylic acids is 1. The number of aryl methyl sites for hydroxylation is 1. The number of nitrogens with one attached hydrogen (secondary N) is 1. The van der Waals surface area contributed by atoms with Crippen molar-refractivity contribution in [1.29, 1.82) is 0 Å². The van der Waals surface area contributed by atoms with Crippen molar-refractivity contribution in [3.05, 3.63) is 17.3 Å². The van der Waals surface area contributed by atoms with E-state index in [0.717, 1.165) is 15.8 Å². The predicted octanol–water partition coefficient (Wildman–Crippen LogP) is 2.91. The molecule has 102 valence electrons. The fraction of sp³-hybridized carbons (Fsp3) is 0.462. The highest BCUT2D eigenvalue weighted by Crippen LogP contribution is 2.29. The highest BCUT2D eigenvalue weighted by atomic mass is 32.1. The molecule has 2 aromatic heterocycles. The number of aromatic nitrogens is 2. The lowest BCUT2D eigenvalue weighted by Crippen LogP contribution is -2.31. The monoisotopic (exact) mass is 279 g/mol. The zero-order valence-electron chi connectivity index (χ0n) is 11.2. The van der Waals surface area contributed by atoms with Crippen LogP contribution in [0.4, 0.5) is 5.82 Å². The first-order valence-corrected chi connectivity index (χ1v) is 7.05. The van der Waals surface area contributed by atoms with Crippen LogP contribution in [0.3, 0.4) is 0 Å². The van der Waals surface area contributed by atoms with E-state index in [1.165, 1.54) is 17.7 Å². The number of hydrogen-bond donors (Lipinski definition) is 2. The van der Waals surface area contributed by atoms with Crippen LogP contribution in [0.2, 0.25) is 0 Å². The molecule has 0 spiro atoms. The molecule has 19 heavy (non-hydrogen) atoms. The van der Waals surface area contributed by atoms with Crippen LogP contribution in [0.1, 0.15) is 25.8 Å². The Morgan fingerprint density at radius 3 is 2.84 bits per heavy atom. The maximum atomic E-state index is 11.3. The highest BCUT2D eigenvalue weighted by Gasteiger charge is 2.20. The topological polar surface area (TPSA) is 75.1 Å². The predicted molar refractivity (Wildman–Crippen MR) is 76.7 cm³/mol. The molecule has 0 saturated heterocycles. The third-order valence-electron chi connectivity index (χ3n) is 2.85. The maximum absolute atomic E-state index is 11.3. The van der Waals surface area contributed by atoms with Crippen molar-refractivity contribution in [3.63, 3.8) is 0 Å². The van der Waals surface area contributed by atoms with Crippen molar-refractivity contribution in [2.75, 3.05) is 5.32 Å². The summed E-state index contributed by atoms with van der Waals surface area (Å²) in [4.78, 5) is 19.7. The van der Waals surface area contributed by atoms with Crippen molar-refractivity contribution in [2.45, 2.75) is 33.2 Å². The van der Waals surface area contributed by atoms with Crippen LogP contribution in [0.15, 0.2) is 11.7 Å². The van der Waals surface area contributed by atoms with Gasteiger partial charge in [0.2, 0.25) is 0 Å². The van der Waals surface area contributed by atoms with Crippen molar-refractivity contribution < 1.29 is 9.90 Å². The molecule has 2 N–H and O–H groups in total.